The van der Waals surface area contributed by atoms with E-state index >= 15 is 0 Å². The summed E-state index contributed by atoms with van der Waals surface area (Å²) in [7, 11) is 1.44. The van der Waals surface area contributed by atoms with Crippen molar-refractivity contribution >= 4 is 5.97 Å². The molecule has 0 aromatic heterocycles. The molecule has 0 atom stereocenters. The number of ether oxygens (including phenoxy) is 2. The topological polar surface area (TPSA) is 35.5 Å². The molecule has 0 N–H and O–H groups in total. The Morgan fingerprint density at radius 1 is 1.18 bits per heavy atom. The van der Waals surface area contributed by atoms with Gasteiger partial charge in [0, 0.05) is 6.61 Å². The van der Waals surface area contributed by atoms with Crippen molar-refractivity contribution in [3.63, 3.8) is 0 Å². The van der Waals surface area contributed by atoms with Crippen LogP contribution in [0.1, 0.15) is 64.7 Å². The quantitative estimate of drug-likeness (QED) is 0.459. The highest BCUT2D eigenvalue weighted by Gasteiger charge is 2.40. The van der Waals surface area contributed by atoms with Gasteiger partial charge in [0.2, 0.25) is 0 Å². The third kappa shape index (κ3) is 5.07. The van der Waals surface area contributed by atoms with Gasteiger partial charge in [0.1, 0.15) is 0 Å². The van der Waals surface area contributed by atoms with Crippen LogP contribution in [0.4, 0.5) is 0 Å². The smallest absolute Gasteiger partial charge is 0.308 e. The maximum Gasteiger partial charge on any atom is 0.308 e. The van der Waals surface area contributed by atoms with Crippen LogP contribution in [-0.4, -0.2) is 25.3 Å². The fraction of sp³-hybridized carbons (Fsp3) is 0.929. The average Bonchev–Trinajstić information content (AvgIpc) is 2.29. The molecule has 0 aliphatic heterocycles. The van der Waals surface area contributed by atoms with Crippen molar-refractivity contribution in [2.24, 2.45) is 0 Å². The Hall–Kier alpha value is -0.570. The van der Waals surface area contributed by atoms with E-state index in [-0.39, 0.29) is 11.6 Å². The monoisotopic (exact) mass is 242 g/mol. The van der Waals surface area contributed by atoms with E-state index in [0.717, 1.165) is 25.9 Å². The van der Waals surface area contributed by atoms with Gasteiger partial charge in [-0.05, 0) is 25.7 Å². The molecule has 0 radical (unpaired) electrons. The summed E-state index contributed by atoms with van der Waals surface area (Å²) in [6.45, 7) is 3.01. The van der Waals surface area contributed by atoms with Crippen LogP contribution in [-0.2, 0) is 14.3 Å². The number of hydrogen-bond donors (Lipinski definition) is 0. The summed E-state index contributed by atoms with van der Waals surface area (Å²) in [5, 5.41) is 0. The van der Waals surface area contributed by atoms with Gasteiger partial charge in [0.05, 0.1) is 19.1 Å². The first kappa shape index (κ1) is 14.5. The maximum atomic E-state index is 11.3. The third-order valence-electron chi connectivity index (χ3n) is 3.62. The van der Waals surface area contributed by atoms with E-state index < -0.39 is 0 Å². The molecule has 100 valence electrons. The minimum atomic E-state index is -0.183. The molecule has 0 aromatic carbocycles. The summed E-state index contributed by atoms with van der Waals surface area (Å²) in [6.07, 6.45) is 9.86. The Bertz CT molecular complexity index is 222. The van der Waals surface area contributed by atoms with Gasteiger partial charge >= 0.3 is 5.97 Å². The zero-order chi connectivity index (χ0) is 12.6. The first-order chi connectivity index (χ1) is 8.22. The number of hydrogen-bond acceptors (Lipinski definition) is 3. The molecule has 1 saturated carbocycles. The van der Waals surface area contributed by atoms with Crippen LogP contribution in [0.5, 0.6) is 0 Å². The zero-order valence-corrected chi connectivity index (χ0v) is 11.3. The summed E-state index contributed by atoms with van der Waals surface area (Å²) < 4.78 is 10.6. The lowest BCUT2D eigenvalue weighted by Crippen LogP contribution is -2.42. The van der Waals surface area contributed by atoms with Crippen molar-refractivity contribution in [1.29, 1.82) is 0 Å². The molecule has 0 unspecified atom stereocenters. The molecule has 0 saturated heterocycles. The molecule has 17 heavy (non-hydrogen) atoms. The molecule has 3 heteroatoms. The minimum Gasteiger partial charge on any atom is -0.469 e. The summed E-state index contributed by atoms with van der Waals surface area (Å²) in [4.78, 5) is 11.3. The molecular weight excluding hydrogens is 216 g/mol. The van der Waals surface area contributed by atoms with Gasteiger partial charge < -0.3 is 9.47 Å². The van der Waals surface area contributed by atoms with Crippen LogP contribution in [0.2, 0.25) is 0 Å². The molecule has 1 aliphatic rings. The Labute approximate surface area is 105 Å². The number of unbranched alkanes of at least 4 members (excludes halogenated alkanes) is 4. The van der Waals surface area contributed by atoms with E-state index in [1.165, 1.54) is 39.2 Å². The lowest BCUT2D eigenvalue weighted by Gasteiger charge is -2.40. The Morgan fingerprint density at radius 2 is 1.88 bits per heavy atom. The summed E-state index contributed by atoms with van der Waals surface area (Å²) in [5.74, 6) is -0.143. The van der Waals surface area contributed by atoms with Crippen LogP contribution >= 0.6 is 0 Å². The second-order valence-electron chi connectivity index (χ2n) is 5.05. The molecule has 1 aliphatic carbocycles. The lowest BCUT2D eigenvalue weighted by atomic mass is 9.77. The second-order valence-corrected chi connectivity index (χ2v) is 5.05. The predicted molar refractivity (Wildman–Crippen MR) is 67.9 cm³/mol. The molecule has 0 bridgehead atoms. The van der Waals surface area contributed by atoms with E-state index in [9.17, 15) is 4.79 Å². The largest absolute Gasteiger partial charge is 0.469 e. The van der Waals surface area contributed by atoms with E-state index in [1.54, 1.807) is 0 Å². The minimum absolute atomic E-state index is 0.143. The number of carbonyl (C=O) groups is 1. The lowest BCUT2D eigenvalue weighted by molar-refractivity contribution is -0.157. The summed E-state index contributed by atoms with van der Waals surface area (Å²) in [6, 6.07) is 0. The van der Waals surface area contributed by atoms with Gasteiger partial charge in [0.15, 0.2) is 0 Å². The number of esters is 1. The Balaban J connectivity index is 2.12. The highest BCUT2D eigenvalue weighted by Crippen LogP contribution is 2.39. The molecule has 0 aromatic rings. The zero-order valence-electron chi connectivity index (χ0n) is 11.3. The van der Waals surface area contributed by atoms with Crippen molar-refractivity contribution in [1.82, 2.24) is 0 Å². The standard InChI is InChI=1S/C14H26O3/c1-3-4-5-6-7-11-17-14(9-8-10-14)12-13(15)16-2/h3-12H2,1-2H3. The van der Waals surface area contributed by atoms with Gasteiger partial charge in [-0.1, -0.05) is 32.6 Å². The van der Waals surface area contributed by atoms with E-state index in [0.29, 0.717) is 6.42 Å². The van der Waals surface area contributed by atoms with Crippen LogP contribution in [0.15, 0.2) is 0 Å². The van der Waals surface area contributed by atoms with Crippen molar-refractivity contribution in [3.8, 4) is 0 Å². The van der Waals surface area contributed by atoms with Gasteiger partial charge in [-0.3, -0.25) is 4.79 Å². The SMILES string of the molecule is CCCCCCCOC1(CC(=O)OC)CCC1. The maximum absolute atomic E-state index is 11.3. The van der Waals surface area contributed by atoms with Crippen molar-refractivity contribution in [3.05, 3.63) is 0 Å². The summed E-state index contributed by atoms with van der Waals surface area (Å²) >= 11 is 0. The molecule has 1 rings (SSSR count). The molecular formula is C14H26O3. The van der Waals surface area contributed by atoms with E-state index in [1.807, 2.05) is 0 Å². The van der Waals surface area contributed by atoms with Gasteiger partial charge in [-0.15, -0.1) is 0 Å². The Kier molecular flexibility index (Phi) is 6.56. The van der Waals surface area contributed by atoms with Crippen LogP contribution in [0.3, 0.4) is 0 Å². The fourth-order valence-electron chi connectivity index (χ4n) is 2.27. The van der Waals surface area contributed by atoms with Crippen LogP contribution in [0.25, 0.3) is 0 Å². The van der Waals surface area contributed by atoms with Crippen molar-refractivity contribution in [2.45, 2.75) is 70.3 Å². The fourth-order valence-corrected chi connectivity index (χ4v) is 2.27. The van der Waals surface area contributed by atoms with E-state index in [2.05, 4.69) is 6.92 Å². The number of rotatable bonds is 9. The first-order valence-electron chi connectivity index (χ1n) is 6.93. The van der Waals surface area contributed by atoms with Crippen molar-refractivity contribution in [2.75, 3.05) is 13.7 Å². The predicted octanol–water partition coefficient (Wildman–Crippen LogP) is 3.46. The normalized spacial score (nSPS) is 17.5. The highest BCUT2D eigenvalue weighted by atomic mass is 16.5. The Morgan fingerprint density at radius 3 is 2.41 bits per heavy atom. The summed E-state index contributed by atoms with van der Waals surface area (Å²) in [5.41, 5.74) is -0.183. The van der Waals surface area contributed by atoms with Crippen LogP contribution in [0, 0.1) is 0 Å². The van der Waals surface area contributed by atoms with Gasteiger partial charge in [0.25, 0.3) is 0 Å². The number of carbonyl (C=O) groups excluding carboxylic acids is 1. The molecule has 3 nitrogen and oxygen atoms in total. The second kappa shape index (κ2) is 7.70. The molecule has 0 amide bonds. The highest BCUT2D eigenvalue weighted by molar-refractivity contribution is 5.70. The molecule has 1 fully saturated rings. The molecule has 0 spiro atoms. The van der Waals surface area contributed by atoms with Crippen LogP contribution < -0.4 is 0 Å². The van der Waals surface area contributed by atoms with Gasteiger partial charge in [-0.2, -0.15) is 0 Å². The number of methoxy groups -OCH3 is 1. The van der Waals surface area contributed by atoms with E-state index in [4.69, 9.17) is 9.47 Å². The third-order valence-corrected chi connectivity index (χ3v) is 3.62. The first-order valence-corrected chi connectivity index (χ1v) is 6.93. The molecule has 0 heterocycles. The van der Waals surface area contributed by atoms with Crippen molar-refractivity contribution < 1.29 is 14.3 Å². The average molecular weight is 242 g/mol. The van der Waals surface area contributed by atoms with Gasteiger partial charge in [-0.25, -0.2) is 0 Å².